The van der Waals surface area contributed by atoms with E-state index >= 15 is 0 Å². The van der Waals surface area contributed by atoms with E-state index in [0.717, 1.165) is 0 Å². The topological polar surface area (TPSA) is 12.0 Å². The smallest absolute Gasteiger partial charge is 0.108 e. The molecule has 0 saturated heterocycles. The van der Waals surface area contributed by atoms with Crippen LogP contribution in [0.3, 0.4) is 0 Å². The number of aryl methyl sites for hydroxylation is 2. The fourth-order valence-electron chi connectivity index (χ4n) is 3.24. The maximum absolute atomic E-state index is 3.69. The van der Waals surface area contributed by atoms with E-state index in [-0.39, 0.29) is 5.54 Å². The lowest BCUT2D eigenvalue weighted by Gasteiger charge is -2.22. The van der Waals surface area contributed by atoms with E-state index in [0.29, 0.717) is 0 Å². The Morgan fingerprint density at radius 3 is 2.78 bits per heavy atom. The highest BCUT2D eigenvalue weighted by Gasteiger charge is 2.51. The molecule has 1 nitrogen and oxygen atoms in total. The van der Waals surface area contributed by atoms with E-state index in [4.69, 9.17) is 0 Å². The molecule has 1 aliphatic heterocycles. The van der Waals surface area contributed by atoms with E-state index in [1.165, 1.54) is 33.5 Å². The lowest BCUT2D eigenvalue weighted by Crippen LogP contribution is -2.21. The van der Waals surface area contributed by atoms with Crippen LogP contribution in [0.5, 0.6) is 0 Å². The number of anilines is 1. The molecule has 0 fully saturated rings. The Morgan fingerprint density at radius 1 is 1.06 bits per heavy atom. The third-order valence-electron chi connectivity index (χ3n) is 4.04. The fourth-order valence-corrected chi connectivity index (χ4v) is 3.24. The zero-order valence-corrected chi connectivity index (χ0v) is 10.6. The van der Waals surface area contributed by atoms with Gasteiger partial charge in [-0.2, -0.15) is 0 Å². The first-order valence-electron chi connectivity index (χ1n) is 6.39. The highest BCUT2D eigenvalue weighted by molar-refractivity contribution is 5.82. The second kappa shape index (κ2) is 3.05. The number of para-hydroxylation sites is 1. The first-order chi connectivity index (χ1) is 8.71. The summed E-state index contributed by atoms with van der Waals surface area (Å²) in [6.07, 6.45) is 4.53. The van der Waals surface area contributed by atoms with Gasteiger partial charge in [-0.15, -0.1) is 0 Å². The molecule has 0 radical (unpaired) electrons. The second-order valence-corrected chi connectivity index (χ2v) is 5.36. The summed E-state index contributed by atoms with van der Waals surface area (Å²) in [5, 5.41) is 3.69. The van der Waals surface area contributed by atoms with Gasteiger partial charge in [0.1, 0.15) is 5.54 Å². The molecule has 0 bridgehead atoms. The van der Waals surface area contributed by atoms with Gasteiger partial charge in [-0.1, -0.05) is 42.0 Å². The van der Waals surface area contributed by atoms with Crippen molar-refractivity contribution in [2.45, 2.75) is 19.4 Å². The monoisotopic (exact) mass is 233 g/mol. The summed E-state index contributed by atoms with van der Waals surface area (Å²) in [6, 6.07) is 13.0. The van der Waals surface area contributed by atoms with Crippen molar-refractivity contribution < 1.29 is 0 Å². The summed E-state index contributed by atoms with van der Waals surface area (Å²) in [5.41, 5.74) is 8.11. The Bertz CT molecular complexity index is 697. The van der Waals surface area contributed by atoms with Crippen LogP contribution in [0.25, 0.3) is 6.08 Å². The third kappa shape index (κ3) is 1.11. The molecule has 1 aliphatic carbocycles. The van der Waals surface area contributed by atoms with Crippen LogP contribution in [-0.2, 0) is 5.54 Å². The number of hydrogen-bond donors (Lipinski definition) is 1. The summed E-state index contributed by atoms with van der Waals surface area (Å²) in [4.78, 5) is 0. The number of fused-ring (bicyclic) bond motifs is 4. The lowest BCUT2D eigenvalue weighted by atomic mass is 10.0. The highest BCUT2D eigenvalue weighted by atomic mass is 15.0. The van der Waals surface area contributed by atoms with Crippen LogP contribution in [-0.4, -0.2) is 0 Å². The van der Waals surface area contributed by atoms with Crippen molar-refractivity contribution in [1.29, 1.82) is 0 Å². The Hall–Kier alpha value is -2.02. The SMILES string of the molecule is Cc1cc(C)c2c(c1)[C@]21C=Cc2ccccc2N1. The Morgan fingerprint density at radius 2 is 1.89 bits per heavy atom. The zero-order chi connectivity index (χ0) is 12.3. The molecule has 88 valence electrons. The molecule has 4 rings (SSSR count). The molecular weight excluding hydrogens is 218 g/mol. The fraction of sp³-hybridized carbons (Fsp3) is 0.176. The molecule has 1 spiro atoms. The molecule has 18 heavy (non-hydrogen) atoms. The van der Waals surface area contributed by atoms with Crippen molar-refractivity contribution >= 4 is 11.8 Å². The summed E-state index contributed by atoms with van der Waals surface area (Å²) < 4.78 is 0. The molecule has 1 atom stereocenters. The van der Waals surface area contributed by atoms with Crippen molar-refractivity contribution in [2.24, 2.45) is 0 Å². The minimum absolute atomic E-state index is 0.0211. The van der Waals surface area contributed by atoms with Crippen LogP contribution >= 0.6 is 0 Å². The molecule has 2 aromatic rings. The van der Waals surface area contributed by atoms with Crippen LogP contribution in [0.15, 0.2) is 42.5 Å². The van der Waals surface area contributed by atoms with E-state index in [1.807, 2.05) is 0 Å². The molecule has 2 aliphatic rings. The molecule has 1 N–H and O–H groups in total. The van der Waals surface area contributed by atoms with Gasteiger partial charge in [0.2, 0.25) is 0 Å². The molecule has 0 saturated carbocycles. The number of nitrogens with one attached hydrogen (secondary N) is 1. The third-order valence-corrected chi connectivity index (χ3v) is 4.04. The average Bonchev–Trinajstić information content (AvgIpc) is 2.96. The first-order valence-corrected chi connectivity index (χ1v) is 6.39. The normalized spacial score (nSPS) is 22.3. The maximum atomic E-state index is 3.69. The molecular formula is C17H15N. The van der Waals surface area contributed by atoms with Gasteiger partial charge >= 0.3 is 0 Å². The van der Waals surface area contributed by atoms with Gasteiger partial charge in [0.15, 0.2) is 0 Å². The average molecular weight is 233 g/mol. The Balaban J connectivity index is 1.86. The van der Waals surface area contributed by atoms with Crippen LogP contribution in [0.1, 0.15) is 27.8 Å². The van der Waals surface area contributed by atoms with Gasteiger partial charge in [0.05, 0.1) is 0 Å². The molecule has 1 heterocycles. The van der Waals surface area contributed by atoms with Crippen molar-refractivity contribution in [1.82, 2.24) is 0 Å². The summed E-state index contributed by atoms with van der Waals surface area (Å²) >= 11 is 0. The predicted octanol–water partition coefficient (Wildman–Crippen LogP) is 4.00. The maximum Gasteiger partial charge on any atom is 0.108 e. The molecule has 2 aromatic carbocycles. The minimum atomic E-state index is -0.0211. The van der Waals surface area contributed by atoms with Gasteiger partial charge in [0.25, 0.3) is 0 Å². The van der Waals surface area contributed by atoms with Crippen LogP contribution in [0, 0.1) is 13.8 Å². The van der Waals surface area contributed by atoms with Crippen molar-refractivity contribution in [3.63, 3.8) is 0 Å². The zero-order valence-electron chi connectivity index (χ0n) is 10.6. The lowest BCUT2D eigenvalue weighted by molar-refractivity contribution is 0.908. The van der Waals surface area contributed by atoms with Gasteiger partial charge < -0.3 is 5.32 Å². The van der Waals surface area contributed by atoms with E-state index in [9.17, 15) is 0 Å². The summed E-state index contributed by atoms with van der Waals surface area (Å²) in [7, 11) is 0. The van der Waals surface area contributed by atoms with Crippen molar-refractivity contribution in [2.75, 3.05) is 5.32 Å². The summed E-state index contributed by atoms with van der Waals surface area (Å²) in [5.74, 6) is 0. The highest BCUT2D eigenvalue weighted by Crippen LogP contribution is 2.55. The largest absolute Gasteiger partial charge is 0.368 e. The van der Waals surface area contributed by atoms with Gasteiger partial charge in [-0.05, 0) is 48.2 Å². The van der Waals surface area contributed by atoms with Gasteiger partial charge in [-0.25, -0.2) is 0 Å². The van der Waals surface area contributed by atoms with Crippen molar-refractivity contribution in [3.05, 3.63) is 70.3 Å². The first kappa shape index (κ1) is 9.95. The van der Waals surface area contributed by atoms with Gasteiger partial charge in [-0.3, -0.25) is 0 Å². The Kier molecular flexibility index (Phi) is 1.69. The predicted molar refractivity (Wildman–Crippen MR) is 75.8 cm³/mol. The number of rotatable bonds is 0. The standard InChI is InChI=1S/C17H15N/c1-11-9-12(2)16-14(10-11)17(16)8-7-13-5-3-4-6-15(13)18-17/h3-10,18H,1-2H3/t17-/m1/s1. The second-order valence-electron chi connectivity index (χ2n) is 5.36. The van der Waals surface area contributed by atoms with Crippen LogP contribution < -0.4 is 5.32 Å². The Labute approximate surface area is 107 Å². The van der Waals surface area contributed by atoms with E-state index < -0.39 is 0 Å². The quantitative estimate of drug-likeness (QED) is 0.725. The molecule has 1 heteroatoms. The number of benzene rings is 2. The molecule has 0 aromatic heterocycles. The number of hydrogen-bond acceptors (Lipinski definition) is 1. The summed E-state index contributed by atoms with van der Waals surface area (Å²) in [6.45, 7) is 4.37. The molecule has 0 amide bonds. The van der Waals surface area contributed by atoms with Crippen LogP contribution in [0.4, 0.5) is 5.69 Å². The van der Waals surface area contributed by atoms with Gasteiger partial charge in [0, 0.05) is 5.69 Å². The minimum Gasteiger partial charge on any atom is -0.368 e. The van der Waals surface area contributed by atoms with E-state index in [2.05, 4.69) is 67.7 Å². The van der Waals surface area contributed by atoms with Crippen molar-refractivity contribution in [3.8, 4) is 0 Å². The molecule has 0 unspecified atom stereocenters. The van der Waals surface area contributed by atoms with E-state index in [1.54, 1.807) is 0 Å². The van der Waals surface area contributed by atoms with Crippen LogP contribution in [0.2, 0.25) is 0 Å².